The number of anilines is 2. The molecule has 0 aromatic heterocycles. The first-order valence-corrected chi connectivity index (χ1v) is 14.6. The third-order valence-electron chi connectivity index (χ3n) is 6.83. The van der Waals surface area contributed by atoms with E-state index in [4.69, 9.17) is 0 Å². The summed E-state index contributed by atoms with van der Waals surface area (Å²) in [6, 6.07) is 16.6. The molecule has 0 aliphatic rings. The van der Waals surface area contributed by atoms with Gasteiger partial charge in [0, 0.05) is 24.0 Å². The van der Waals surface area contributed by atoms with E-state index in [1.165, 1.54) is 83.5 Å². The van der Waals surface area contributed by atoms with E-state index >= 15 is 0 Å². The molecule has 0 heterocycles. The lowest BCUT2D eigenvalue weighted by molar-refractivity contribution is -0.115. The van der Waals surface area contributed by atoms with Gasteiger partial charge in [0.05, 0.1) is 6.54 Å². The molecule has 0 aliphatic heterocycles. The van der Waals surface area contributed by atoms with Crippen LogP contribution in [0.15, 0.2) is 54.6 Å². The maximum absolute atomic E-state index is 12.8. The van der Waals surface area contributed by atoms with Crippen LogP contribution in [-0.4, -0.2) is 32.0 Å². The highest BCUT2D eigenvalue weighted by atomic mass is 16.2. The second kappa shape index (κ2) is 19.5. The van der Waals surface area contributed by atoms with Gasteiger partial charge in [-0.15, -0.1) is 0 Å². The Morgan fingerprint density at radius 1 is 0.703 bits per heavy atom. The average molecular weight is 508 g/mol. The quantitative estimate of drug-likeness (QED) is 0.179. The number of hydrogen-bond donors (Lipinski definition) is 2. The third-order valence-corrected chi connectivity index (χ3v) is 6.83. The van der Waals surface area contributed by atoms with Gasteiger partial charge in [0.1, 0.15) is 0 Å². The number of nitrogens with one attached hydrogen (secondary N) is 2. The Bertz CT molecular complexity index is 885. The summed E-state index contributed by atoms with van der Waals surface area (Å²) in [7, 11) is 1.75. The second-order valence-corrected chi connectivity index (χ2v) is 10.1. The number of para-hydroxylation sites is 1. The fourth-order valence-corrected chi connectivity index (χ4v) is 4.54. The molecule has 0 saturated carbocycles. The van der Waals surface area contributed by atoms with Gasteiger partial charge in [0.15, 0.2) is 0 Å². The van der Waals surface area contributed by atoms with Gasteiger partial charge in [-0.3, -0.25) is 9.59 Å². The van der Waals surface area contributed by atoms with Crippen LogP contribution in [0.25, 0.3) is 0 Å². The molecule has 5 heteroatoms. The molecule has 0 atom stereocenters. The van der Waals surface area contributed by atoms with Crippen molar-refractivity contribution in [3.05, 3.63) is 60.2 Å². The summed E-state index contributed by atoms with van der Waals surface area (Å²) in [4.78, 5) is 26.8. The van der Waals surface area contributed by atoms with Crippen molar-refractivity contribution in [2.24, 2.45) is 0 Å². The van der Waals surface area contributed by atoms with Crippen LogP contribution in [0, 0.1) is 0 Å². The molecule has 2 amide bonds. The number of benzene rings is 2. The Kier molecular flexibility index (Phi) is 16.1. The SMILES string of the molecule is CCCCCCCCCCCCCCCCNCC(=O)Nc1cccc(C(=O)N(C)c2ccccc2)c1. The number of hydrogen-bond acceptors (Lipinski definition) is 3. The minimum atomic E-state index is -0.113. The van der Waals surface area contributed by atoms with Gasteiger partial charge in [-0.2, -0.15) is 0 Å². The molecule has 2 aromatic rings. The normalized spacial score (nSPS) is 10.9. The number of amides is 2. The van der Waals surface area contributed by atoms with Gasteiger partial charge in [0.25, 0.3) is 5.91 Å². The molecule has 0 saturated heterocycles. The van der Waals surface area contributed by atoms with Crippen LogP contribution in [0.1, 0.15) is 107 Å². The molecule has 37 heavy (non-hydrogen) atoms. The topological polar surface area (TPSA) is 61.4 Å². The van der Waals surface area contributed by atoms with Gasteiger partial charge >= 0.3 is 0 Å². The molecule has 5 nitrogen and oxygen atoms in total. The third kappa shape index (κ3) is 13.5. The lowest BCUT2D eigenvalue weighted by atomic mass is 10.0. The predicted molar refractivity (Wildman–Crippen MR) is 157 cm³/mol. The van der Waals surface area contributed by atoms with Crippen LogP contribution in [-0.2, 0) is 4.79 Å². The van der Waals surface area contributed by atoms with E-state index in [1.54, 1.807) is 30.1 Å². The predicted octanol–water partition coefficient (Wildman–Crippen LogP) is 7.97. The van der Waals surface area contributed by atoms with Gasteiger partial charge in [-0.25, -0.2) is 0 Å². The minimum Gasteiger partial charge on any atom is -0.325 e. The highest BCUT2D eigenvalue weighted by molar-refractivity contribution is 6.06. The van der Waals surface area contributed by atoms with Crippen LogP contribution in [0.3, 0.4) is 0 Å². The lowest BCUT2D eigenvalue weighted by Crippen LogP contribution is -2.29. The van der Waals surface area contributed by atoms with Crippen LogP contribution in [0.5, 0.6) is 0 Å². The van der Waals surface area contributed by atoms with Crippen LogP contribution in [0.2, 0.25) is 0 Å². The number of carbonyl (C=O) groups excluding carboxylic acids is 2. The molecule has 0 fully saturated rings. The zero-order chi connectivity index (χ0) is 26.6. The Labute approximate surface area is 225 Å². The smallest absolute Gasteiger partial charge is 0.258 e. The Morgan fingerprint density at radius 2 is 1.27 bits per heavy atom. The van der Waals surface area contributed by atoms with E-state index in [0.29, 0.717) is 11.3 Å². The van der Waals surface area contributed by atoms with Crippen molar-refractivity contribution < 1.29 is 9.59 Å². The summed E-state index contributed by atoms with van der Waals surface area (Å²) in [5.74, 6) is -0.204. The first kappa shape index (κ1) is 30.6. The fourth-order valence-electron chi connectivity index (χ4n) is 4.54. The van der Waals surface area contributed by atoms with Crippen LogP contribution in [0.4, 0.5) is 11.4 Å². The molecule has 2 rings (SSSR count). The van der Waals surface area contributed by atoms with Gasteiger partial charge in [-0.05, 0) is 43.3 Å². The molecule has 0 bridgehead atoms. The number of rotatable bonds is 20. The summed E-state index contributed by atoms with van der Waals surface area (Å²) >= 11 is 0. The van der Waals surface area contributed by atoms with Crippen molar-refractivity contribution in [3.8, 4) is 0 Å². The van der Waals surface area contributed by atoms with E-state index < -0.39 is 0 Å². The van der Waals surface area contributed by atoms with Crippen molar-refractivity contribution in [1.29, 1.82) is 0 Å². The first-order valence-electron chi connectivity index (χ1n) is 14.6. The summed E-state index contributed by atoms with van der Waals surface area (Å²) in [5.41, 5.74) is 2.00. The standard InChI is InChI=1S/C32H49N3O2/c1-3-4-5-6-7-8-9-10-11-12-13-14-15-19-25-33-27-31(36)34-29-22-20-21-28(26-29)32(37)35(2)30-23-17-16-18-24-30/h16-18,20-24,26,33H,3-15,19,25,27H2,1-2H3,(H,34,36). The summed E-state index contributed by atoms with van der Waals surface area (Å²) < 4.78 is 0. The fraction of sp³-hybridized carbons (Fsp3) is 0.562. The van der Waals surface area contributed by atoms with E-state index in [1.807, 2.05) is 36.4 Å². The van der Waals surface area contributed by atoms with Crippen molar-refractivity contribution in [2.75, 3.05) is 30.4 Å². The highest BCUT2D eigenvalue weighted by Gasteiger charge is 2.14. The lowest BCUT2D eigenvalue weighted by Gasteiger charge is -2.17. The van der Waals surface area contributed by atoms with Crippen molar-refractivity contribution in [1.82, 2.24) is 5.32 Å². The maximum atomic E-state index is 12.8. The molecule has 2 aromatic carbocycles. The molecule has 0 aliphatic carbocycles. The zero-order valence-electron chi connectivity index (χ0n) is 23.3. The molecule has 0 unspecified atom stereocenters. The second-order valence-electron chi connectivity index (χ2n) is 10.1. The summed E-state index contributed by atoms with van der Waals surface area (Å²) in [6.07, 6.45) is 18.9. The van der Waals surface area contributed by atoms with E-state index in [2.05, 4.69) is 17.6 Å². The van der Waals surface area contributed by atoms with Crippen LogP contribution < -0.4 is 15.5 Å². The molecule has 2 N–H and O–H groups in total. The van der Waals surface area contributed by atoms with Gasteiger partial charge in [0.2, 0.25) is 5.91 Å². The average Bonchev–Trinajstić information content (AvgIpc) is 2.92. The van der Waals surface area contributed by atoms with E-state index in [0.717, 1.165) is 18.7 Å². The Morgan fingerprint density at radius 3 is 1.86 bits per heavy atom. The molecule has 204 valence electrons. The molecule has 0 radical (unpaired) electrons. The van der Waals surface area contributed by atoms with Crippen LogP contribution >= 0.6 is 0 Å². The zero-order valence-corrected chi connectivity index (χ0v) is 23.3. The first-order chi connectivity index (χ1) is 18.1. The monoisotopic (exact) mass is 507 g/mol. The maximum Gasteiger partial charge on any atom is 0.258 e. The van der Waals surface area contributed by atoms with Crippen molar-refractivity contribution >= 4 is 23.2 Å². The number of unbranched alkanes of at least 4 members (excludes halogenated alkanes) is 13. The molecule has 0 spiro atoms. The molecular formula is C32H49N3O2. The summed E-state index contributed by atoms with van der Waals surface area (Å²) in [6.45, 7) is 3.40. The summed E-state index contributed by atoms with van der Waals surface area (Å²) in [5, 5.41) is 6.13. The van der Waals surface area contributed by atoms with Crippen molar-refractivity contribution in [3.63, 3.8) is 0 Å². The number of carbonyl (C=O) groups is 2. The minimum absolute atomic E-state index is 0.0913. The van der Waals surface area contributed by atoms with E-state index in [-0.39, 0.29) is 18.4 Å². The van der Waals surface area contributed by atoms with Gasteiger partial charge in [-0.1, -0.05) is 115 Å². The Hall–Kier alpha value is -2.66. The van der Waals surface area contributed by atoms with Crippen molar-refractivity contribution in [2.45, 2.75) is 96.8 Å². The molecular weight excluding hydrogens is 458 g/mol. The largest absolute Gasteiger partial charge is 0.325 e. The van der Waals surface area contributed by atoms with Gasteiger partial charge < -0.3 is 15.5 Å². The highest BCUT2D eigenvalue weighted by Crippen LogP contribution is 2.17. The Balaban J connectivity index is 1.49. The number of nitrogens with zero attached hydrogens (tertiary/aromatic N) is 1. The van der Waals surface area contributed by atoms with E-state index in [9.17, 15) is 9.59 Å².